The number of rotatable bonds is 4. The molecule has 1 amide bonds. The van der Waals surface area contributed by atoms with Gasteiger partial charge in [-0.3, -0.25) is 4.79 Å². The van der Waals surface area contributed by atoms with Crippen molar-refractivity contribution in [2.75, 3.05) is 11.9 Å². The lowest BCUT2D eigenvalue weighted by Crippen LogP contribution is -2.37. The van der Waals surface area contributed by atoms with Crippen LogP contribution in [0.15, 0.2) is 18.2 Å². The van der Waals surface area contributed by atoms with Gasteiger partial charge in [0.05, 0.1) is 10.2 Å². The number of fused-ring (bicyclic) bond motifs is 1. The van der Waals surface area contributed by atoms with Gasteiger partial charge in [-0.25, -0.2) is 4.98 Å². The van der Waals surface area contributed by atoms with Crippen molar-refractivity contribution < 1.29 is 4.79 Å². The first-order valence-corrected chi connectivity index (χ1v) is 6.83. The number of nitrogens with zero attached hydrogens (tertiary/aromatic N) is 1. The number of hydrogen-bond donors (Lipinski definition) is 2. The molecule has 0 radical (unpaired) electrons. The van der Waals surface area contributed by atoms with Crippen molar-refractivity contribution in [3.05, 3.63) is 23.8 Å². The second-order valence-corrected chi connectivity index (χ2v) is 5.28. The zero-order valence-corrected chi connectivity index (χ0v) is 11.6. The minimum Gasteiger partial charge on any atom is -0.355 e. The lowest BCUT2D eigenvalue weighted by Gasteiger charge is -2.11. The second kappa shape index (κ2) is 5.35. The fourth-order valence-electron chi connectivity index (χ4n) is 1.68. The summed E-state index contributed by atoms with van der Waals surface area (Å²) in [7, 11) is 0. The van der Waals surface area contributed by atoms with Gasteiger partial charge in [-0.1, -0.05) is 17.4 Å². The van der Waals surface area contributed by atoms with Crippen LogP contribution < -0.4 is 10.6 Å². The molecule has 1 heterocycles. The lowest BCUT2D eigenvalue weighted by atomic mass is 10.2. The topological polar surface area (TPSA) is 54.0 Å². The Morgan fingerprint density at radius 1 is 1.50 bits per heavy atom. The number of anilines is 1. The molecule has 2 N–H and O–H groups in total. The summed E-state index contributed by atoms with van der Waals surface area (Å²) in [6.07, 6.45) is 0. The molecule has 0 aliphatic heterocycles. The molecule has 1 aromatic carbocycles. The predicted molar refractivity (Wildman–Crippen MR) is 76.1 cm³/mol. The molecule has 1 unspecified atom stereocenters. The van der Waals surface area contributed by atoms with Gasteiger partial charge in [0.15, 0.2) is 5.13 Å². The third-order valence-corrected chi connectivity index (χ3v) is 3.59. The van der Waals surface area contributed by atoms with Gasteiger partial charge in [0, 0.05) is 6.54 Å². The van der Waals surface area contributed by atoms with Crippen LogP contribution in [0.5, 0.6) is 0 Å². The Labute approximate surface area is 110 Å². The normalized spacial score (nSPS) is 12.4. The highest BCUT2D eigenvalue weighted by Crippen LogP contribution is 2.26. The molecule has 0 fully saturated rings. The lowest BCUT2D eigenvalue weighted by molar-refractivity contribution is -0.121. The quantitative estimate of drug-likeness (QED) is 0.891. The van der Waals surface area contributed by atoms with Crippen molar-refractivity contribution in [1.29, 1.82) is 0 Å². The maximum Gasteiger partial charge on any atom is 0.242 e. The molecule has 0 aliphatic carbocycles. The van der Waals surface area contributed by atoms with Crippen molar-refractivity contribution >= 4 is 32.6 Å². The molecule has 18 heavy (non-hydrogen) atoms. The van der Waals surface area contributed by atoms with E-state index in [0.29, 0.717) is 6.54 Å². The molecule has 0 saturated heterocycles. The van der Waals surface area contributed by atoms with Gasteiger partial charge in [-0.2, -0.15) is 0 Å². The Hall–Kier alpha value is -1.62. The standard InChI is InChI=1S/C13H17N3OS/c1-4-14-12(17)9(3)15-13-16-10-7-8(2)5-6-11(10)18-13/h5-7,9H,4H2,1-3H3,(H,14,17)(H,15,16). The summed E-state index contributed by atoms with van der Waals surface area (Å²) in [5.74, 6) is -0.00654. The highest BCUT2D eigenvalue weighted by Gasteiger charge is 2.13. The highest BCUT2D eigenvalue weighted by molar-refractivity contribution is 7.22. The van der Waals surface area contributed by atoms with E-state index in [9.17, 15) is 4.79 Å². The second-order valence-electron chi connectivity index (χ2n) is 4.25. The molecule has 2 rings (SSSR count). The number of nitrogens with one attached hydrogen (secondary N) is 2. The van der Waals surface area contributed by atoms with Gasteiger partial charge in [0.2, 0.25) is 5.91 Å². The smallest absolute Gasteiger partial charge is 0.242 e. The Bertz CT molecular complexity index is 564. The molecule has 5 heteroatoms. The van der Waals surface area contributed by atoms with E-state index in [1.807, 2.05) is 26.8 Å². The predicted octanol–water partition coefficient (Wildman–Crippen LogP) is 2.54. The average molecular weight is 263 g/mol. The van der Waals surface area contributed by atoms with Gasteiger partial charge >= 0.3 is 0 Å². The van der Waals surface area contributed by atoms with E-state index < -0.39 is 0 Å². The minimum atomic E-state index is -0.272. The number of amides is 1. The zero-order valence-electron chi connectivity index (χ0n) is 10.8. The molecule has 0 bridgehead atoms. The molecular formula is C13H17N3OS. The van der Waals surface area contributed by atoms with Crippen LogP contribution in [0.3, 0.4) is 0 Å². The van der Waals surface area contributed by atoms with Gasteiger partial charge in [-0.15, -0.1) is 0 Å². The Kier molecular flexibility index (Phi) is 3.81. The Morgan fingerprint density at radius 2 is 2.28 bits per heavy atom. The van der Waals surface area contributed by atoms with Crippen LogP contribution >= 0.6 is 11.3 Å². The van der Waals surface area contributed by atoms with E-state index in [0.717, 1.165) is 15.3 Å². The summed E-state index contributed by atoms with van der Waals surface area (Å²) in [6, 6.07) is 5.90. The van der Waals surface area contributed by atoms with Gasteiger partial charge in [0.1, 0.15) is 6.04 Å². The summed E-state index contributed by atoms with van der Waals surface area (Å²) in [5, 5.41) is 6.70. The molecule has 1 aromatic heterocycles. The van der Waals surface area contributed by atoms with E-state index in [1.165, 1.54) is 5.56 Å². The Balaban J connectivity index is 2.14. The zero-order chi connectivity index (χ0) is 13.1. The van der Waals surface area contributed by atoms with Crippen LogP contribution in [-0.2, 0) is 4.79 Å². The highest BCUT2D eigenvalue weighted by atomic mass is 32.1. The molecule has 96 valence electrons. The molecule has 1 atom stereocenters. The summed E-state index contributed by atoms with van der Waals surface area (Å²) in [4.78, 5) is 16.1. The van der Waals surface area contributed by atoms with E-state index in [4.69, 9.17) is 0 Å². The number of thiazole rings is 1. The van der Waals surface area contributed by atoms with E-state index in [2.05, 4.69) is 27.8 Å². The minimum absolute atomic E-state index is 0.00654. The van der Waals surface area contributed by atoms with Crippen molar-refractivity contribution in [2.24, 2.45) is 0 Å². The molecule has 0 saturated carbocycles. The van der Waals surface area contributed by atoms with Crippen LogP contribution in [0, 0.1) is 6.92 Å². The first-order valence-electron chi connectivity index (χ1n) is 6.01. The Morgan fingerprint density at radius 3 is 3.00 bits per heavy atom. The van der Waals surface area contributed by atoms with Crippen molar-refractivity contribution in [3.63, 3.8) is 0 Å². The first kappa shape index (κ1) is 12.8. The first-order chi connectivity index (χ1) is 8.60. The average Bonchev–Trinajstić information content (AvgIpc) is 2.70. The van der Waals surface area contributed by atoms with Crippen LogP contribution in [0.2, 0.25) is 0 Å². The fraction of sp³-hybridized carbons (Fsp3) is 0.385. The summed E-state index contributed by atoms with van der Waals surface area (Å²) < 4.78 is 1.13. The molecule has 2 aromatic rings. The third kappa shape index (κ3) is 2.79. The monoisotopic (exact) mass is 263 g/mol. The van der Waals surface area contributed by atoms with Gasteiger partial charge in [0.25, 0.3) is 0 Å². The van der Waals surface area contributed by atoms with Crippen LogP contribution in [0.25, 0.3) is 10.2 Å². The van der Waals surface area contributed by atoms with Crippen molar-refractivity contribution in [3.8, 4) is 0 Å². The van der Waals surface area contributed by atoms with E-state index in [1.54, 1.807) is 11.3 Å². The number of carbonyl (C=O) groups is 1. The van der Waals surface area contributed by atoms with Crippen molar-refractivity contribution in [1.82, 2.24) is 10.3 Å². The molecule has 0 spiro atoms. The number of aromatic nitrogens is 1. The number of aryl methyl sites for hydroxylation is 1. The molecule has 0 aliphatic rings. The van der Waals surface area contributed by atoms with E-state index in [-0.39, 0.29) is 11.9 Å². The van der Waals surface area contributed by atoms with Crippen LogP contribution in [0.1, 0.15) is 19.4 Å². The van der Waals surface area contributed by atoms with Crippen LogP contribution in [-0.4, -0.2) is 23.5 Å². The number of hydrogen-bond acceptors (Lipinski definition) is 4. The molecule has 4 nitrogen and oxygen atoms in total. The maximum atomic E-state index is 11.6. The van der Waals surface area contributed by atoms with Crippen molar-refractivity contribution in [2.45, 2.75) is 26.8 Å². The fourth-order valence-corrected chi connectivity index (χ4v) is 2.61. The maximum absolute atomic E-state index is 11.6. The summed E-state index contributed by atoms with van der Waals surface area (Å²) in [6.45, 7) is 6.43. The number of likely N-dealkylation sites (N-methyl/N-ethyl adjacent to an activating group) is 1. The number of carbonyl (C=O) groups excluding carboxylic acids is 1. The van der Waals surface area contributed by atoms with Gasteiger partial charge in [-0.05, 0) is 38.5 Å². The summed E-state index contributed by atoms with van der Waals surface area (Å²) in [5.41, 5.74) is 2.17. The third-order valence-electron chi connectivity index (χ3n) is 2.63. The van der Waals surface area contributed by atoms with Gasteiger partial charge < -0.3 is 10.6 Å². The van der Waals surface area contributed by atoms with E-state index >= 15 is 0 Å². The number of benzene rings is 1. The molecular weight excluding hydrogens is 246 g/mol. The van der Waals surface area contributed by atoms with Crippen LogP contribution in [0.4, 0.5) is 5.13 Å². The largest absolute Gasteiger partial charge is 0.355 e. The summed E-state index contributed by atoms with van der Waals surface area (Å²) >= 11 is 1.57. The SMILES string of the molecule is CCNC(=O)C(C)Nc1nc2cc(C)ccc2s1.